The first kappa shape index (κ1) is 22.5. The average Bonchev–Trinajstić information content (AvgIpc) is 3.42. The lowest BCUT2D eigenvalue weighted by Crippen LogP contribution is -2.24. The van der Waals surface area contributed by atoms with Crippen LogP contribution in [0.25, 0.3) is 6.08 Å². The molecular weight excluding hydrogens is 422 g/mol. The Bertz CT molecular complexity index is 1070. The highest BCUT2D eigenvalue weighted by Gasteiger charge is 2.29. The van der Waals surface area contributed by atoms with Crippen molar-refractivity contribution in [3.63, 3.8) is 0 Å². The van der Waals surface area contributed by atoms with E-state index in [1.165, 1.54) is 6.08 Å². The van der Waals surface area contributed by atoms with Crippen LogP contribution in [0.1, 0.15) is 37.7 Å². The van der Waals surface area contributed by atoms with Crippen LogP contribution in [0.4, 0.5) is 5.69 Å². The summed E-state index contributed by atoms with van der Waals surface area (Å²) in [7, 11) is 0. The Morgan fingerprint density at radius 1 is 1.15 bits per heavy atom. The zero-order valence-electron chi connectivity index (χ0n) is 18.3. The number of anilines is 1. The highest BCUT2D eigenvalue weighted by molar-refractivity contribution is 6.03. The Morgan fingerprint density at radius 3 is 2.88 bits per heavy atom. The van der Waals surface area contributed by atoms with Crippen LogP contribution < -0.4 is 14.8 Å². The number of allylic oxidation sites excluding steroid dienone is 1. The summed E-state index contributed by atoms with van der Waals surface area (Å²) in [5.41, 5.74) is 2.23. The van der Waals surface area contributed by atoms with E-state index in [0.717, 1.165) is 36.8 Å². The van der Waals surface area contributed by atoms with Gasteiger partial charge < -0.3 is 24.6 Å². The molecule has 1 unspecified atom stereocenters. The van der Waals surface area contributed by atoms with Gasteiger partial charge in [-0.3, -0.25) is 4.79 Å². The molecule has 2 aromatic carbocycles. The minimum Gasteiger partial charge on any atom is -0.506 e. The van der Waals surface area contributed by atoms with Crippen LogP contribution in [0.3, 0.4) is 0 Å². The van der Waals surface area contributed by atoms with Gasteiger partial charge >= 0.3 is 5.97 Å². The van der Waals surface area contributed by atoms with E-state index in [1.54, 1.807) is 30.3 Å². The number of unbranched alkanes of at least 4 members (excludes halogenated alkanes) is 2. The van der Waals surface area contributed by atoms with Crippen molar-refractivity contribution in [1.29, 1.82) is 0 Å². The highest BCUT2D eigenvalue weighted by atomic mass is 16.7. The van der Waals surface area contributed by atoms with Gasteiger partial charge in [0.2, 0.25) is 6.79 Å². The van der Waals surface area contributed by atoms with E-state index in [0.29, 0.717) is 30.2 Å². The Morgan fingerprint density at radius 2 is 2.00 bits per heavy atom. The zero-order valence-corrected chi connectivity index (χ0v) is 18.3. The lowest BCUT2D eigenvalue weighted by molar-refractivity contribution is -0.137. The predicted molar refractivity (Wildman–Crippen MR) is 124 cm³/mol. The number of esters is 1. The molecule has 1 atom stereocenters. The molecule has 1 fully saturated rings. The second-order valence-electron chi connectivity index (χ2n) is 7.96. The molecule has 33 heavy (non-hydrogen) atoms. The summed E-state index contributed by atoms with van der Waals surface area (Å²) < 4.78 is 15.8. The lowest BCUT2D eigenvalue weighted by Gasteiger charge is -2.13. The maximum Gasteiger partial charge on any atom is 0.330 e. The molecule has 0 radical (unpaired) electrons. The van der Waals surface area contributed by atoms with Crippen molar-refractivity contribution >= 4 is 23.5 Å². The van der Waals surface area contributed by atoms with E-state index in [4.69, 9.17) is 14.2 Å². The fraction of sp³-hybridized carbons (Fsp3) is 0.308. The van der Waals surface area contributed by atoms with Gasteiger partial charge in [-0.15, -0.1) is 0 Å². The smallest absolute Gasteiger partial charge is 0.330 e. The Hall–Kier alpha value is -3.74. The molecule has 2 N–H and O–H groups in total. The first-order chi connectivity index (χ1) is 16.1. The third kappa shape index (κ3) is 5.94. The number of benzene rings is 2. The number of fused-ring (bicyclic) bond motifs is 1. The first-order valence-corrected chi connectivity index (χ1v) is 11.1. The van der Waals surface area contributed by atoms with Gasteiger partial charge in [0.25, 0.3) is 0 Å². The summed E-state index contributed by atoms with van der Waals surface area (Å²) in [6.07, 6.45) is 8.81. The number of Topliss-reactive ketones (excluding diaryl/α,β-unsaturated/α-hetero) is 1. The largest absolute Gasteiger partial charge is 0.506 e. The third-order valence-corrected chi connectivity index (χ3v) is 5.61. The number of carbonyl (C=O) groups is 2. The van der Waals surface area contributed by atoms with E-state index in [9.17, 15) is 14.7 Å². The number of rotatable bonds is 9. The van der Waals surface area contributed by atoms with Crippen LogP contribution in [0.2, 0.25) is 0 Å². The molecular formula is C26H27NO6. The molecule has 172 valence electrons. The maximum absolute atomic E-state index is 12.6. The molecule has 7 nitrogen and oxygen atoms in total. The van der Waals surface area contributed by atoms with Gasteiger partial charge in [-0.1, -0.05) is 24.3 Å². The Kier molecular flexibility index (Phi) is 7.29. The molecule has 2 aliphatic rings. The van der Waals surface area contributed by atoms with E-state index in [2.05, 4.69) is 5.32 Å². The van der Waals surface area contributed by atoms with Crippen molar-refractivity contribution in [2.75, 3.05) is 18.7 Å². The average molecular weight is 450 g/mol. The van der Waals surface area contributed by atoms with Crippen LogP contribution in [-0.4, -0.2) is 36.3 Å². The van der Waals surface area contributed by atoms with Gasteiger partial charge in [-0.05, 0) is 73.6 Å². The van der Waals surface area contributed by atoms with Gasteiger partial charge in [-0.2, -0.15) is 0 Å². The van der Waals surface area contributed by atoms with Gasteiger partial charge in [0.15, 0.2) is 17.3 Å². The second-order valence-corrected chi connectivity index (χ2v) is 7.96. The SMILES string of the molecule is O=C(/C=C/c1ccc2c(c1)OCO2)OCCCC/C=C1\CCC(Nc2ccccc2O)C1=O. The van der Waals surface area contributed by atoms with Crippen molar-refractivity contribution in [2.24, 2.45) is 0 Å². The number of ether oxygens (including phenoxy) is 3. The fourth-order valence-corrected chi connectivity index (χ4v) is 3.83. The number of phenols is 1. The third-order valence-electron chi connectivity index (χ3n) is 5.61. The molecule has 7 heteroatoms. The van der Waals surface area contributed by atoms with Crippen molar-refractivity contribution in [3.05, 3.63) is 65.8 Å². The number of hydrogen-bond donors (Lipinski definition) is 2. The van der Waals surface area contributed by atoms with Gasteiger partial charge in [-0.25, -0.2) is 4.79 Å². The summed E-state index contributed by atoms with van der Waals surface area (Å²) in [4.78, 5) is 24.5. The van der Waals surface area contributed by atoms with E-state index < -0.39 is 5.97 Å². The van der Waals surface area contributed by atoms with Gasteiger partial charge in [0.1, 0.15) is 5.75 Å². The van der Waals surface area contributed by atoms with Crippen molar-refractivity contribution in [1.82, 2.24) is 0 Å². The second kappa shape index (κ2) is 10.7. The molecule has 1 heterocycles. The molecule has 1 saturated carbocycles. The minimum atomic E-state index is -0.393. The zero-order chi connectivity index (χ0) is 23.0. The van der Waals surface area contributed by atoms with Crippen LogP contribution >= 0.6 is 0 Å². The first-order valence-electron chi connectivity index (χ1n) is 11.1. The molecule has 0 bridgehead atoms. The molecule has 2 aromatic rings. The fourth-order valence-electron chi connectivity index (χ4n) is 3.83. The van der Waals surface area contributed by atoms with Crippen molar-refractivity contribution in [2.45, 2.75) is 38.1 Å². The summed E-state index contributed by atoms with van der Waals surface area (Å²) >= 11 is 0. The van der Waals surface area contributed by atoms with Crippen LogP contribution in [0.5, 0.6) is 17.2 Å². The van der Waals surface area contributed by atoms with Crippen molar-refractivity contribution < 1.29 is 28.9 Å². The summed E-state index contributed by atoms with van der Waals surface area (Å²) in [6.45, 7) is 0.546. The number of hydrogen-bond acceptors (Lipinski definition) is 7. The van der Waals surface area contributed by atoms with Gasteiger partial charge in [0.05, 0.1) is 18.3 Å². The highest BCUT2D eigenvalue weighted by Crippen LogP contribution is 2.33. The molecule has 4 rings (SSSR count). The monoisotopic (exact) mass is 449 g/mol. The lowest BCUT2D eigenvalue weighted by atomic mass is 10.1. The normalized spacial score (nSPS) is 18.2. The topological polar surface area (TPSA) is 94.1 Å². The maximum atomic E-state index is 12.6. The van der Waals surface area contributed by atoms with Crippen LogP contribution in [0, 0.1) is 0 Å². The molecule has 0 saturated heterocycles. The Balaban J connectivity index is 1.13. The predicted octanol–water partition coefficient (Wildman–Crippen LogP) is 4.62. The van der Waals surface area contributed by atoms with E-state index in [-0.39, 0.29) is 24.4 Å². The van der Waals surface area contributed by atoms with E-state index in [1.807, 2.05) is 24.3 Å². The molecule has 0 aromatic heterocycles. The minimum absolute atomic E-state index is 0.0818. The quantitative estimate of drug-likeness (QED) is 0.250. The molecule has 1 aliphatic carbocycles. The Labute approximate surface area is 192 Å². The number of nitrogens with one attached hydrogen (secondary N) is 1. The standard InChI is InChI=1S/C26H27NO6/c28-22-8-4-3-7-20(22)27-21-12-11-19(26(21)30)6-2-1-5-15-31-25(29)14-10-18-9-13-23-24(16-18)33-17-32-23/h3-4,6-10,13-14,16,21,27-28H,1-2,5,11-12,15,17H2/b14-10+,19-6+. The number of aromatic hydroxyl groups is 1. The van der Waals surface area contributed by atoms with Gasteiger partial charge in [0, 0.05) is 6.08 Å². The van der Waals surface area contributed by atoms with Crippen LogP contribution in [-0.2, 0) is 14.3 Å². The number of carbonyl (C=O) groups excluding carboxylic acids is 2. The van der Waals surface area contributed by atoms with Crippen molar-refractivity contribution in [3.8, 4) is 17.2 Å². The molecule has 1 aliphatic heterocycles. The summed E-state index contributed by atoms with van der Waals surface area (Å²) in [5, 5.41) is 13.0. The molecule has 0 spiro atoms. The summed E-state index contributed by atoms with van der Waals surface area (Å²) in [5.74, 6) is 1.20. The summed E-state index contributed by atoms with van der Waals surface area (Å²) in [6, 6.07) is 12.1. The number of phenolic OH excluding ortho intramolecular Hbond substituents is 1. The number of ketones is 1. The number of para-hydroxylation sites is 2. The van der Waals surface area contributed by atoms with E-state index >= 15 is 0 Å². The van der Waals surface area contributed by atoms with Crippen LogP contribution in [0.15, 0.2) is 60.2 Å². The molecule has 0 amide bonds.